The summed E-state index contributed by atoms with van der Waals surface area (Å²) in [5, 5.41) is 45.1. The minimum absolute atomic E-state index is 0.0356. The Hall–Kier alpha value is -3.75. The number of rotatable bonds is 15. The van der Waals surface area contributed by atoms with E-state index < -0.39 is 49.0 Å². The van der Waals surface area contributed by atoms with Gasteiger partial charge in [0.05, 0.1) is 6.61 Å². The van der Waals surface area contributed by atoms with Gasteiger partial charge in [-0.25, -0.2) is 4.79 Å². The van der Waals surface area contributed by atoms with Crippen molar-refractivity contribution in [2.45, 2.75) is 89.2 Å². The van der Waals surface area contributed by atoms with Crippen LogP contribution in [-0.4, -0.2) is 106 Å². The maximum Gasteiger partial charge on any atom is 0.410 e. The fourth-order valence-corrected chi connectivity index (χ4v) is 4.67. The number of aliphatic hydroxyl groups is 4. The standard InChI is InChI=1S/C33H47N3O10/c1-33(2,3)46-32(43)36(19-10-5-4-9-18-34-30(42)22-11-7-6-8-12-22)20-17-26(38)35-23-13-15-24(16-14-23)44-31-29(41)28(40)27(39)25(21-37)45-31/h6-8,11-16,25,27-29,31,37,39-41H,4-5,9-10,17-21H2,1-3H3,(H,34,42)(H,35,38)/t25-,27+,28+,29-,31+/m1/s1. The van der Waals surface area contributed by atoms with Crippen LogP contribution in [0.5, 0.6) is 5.75 Å². The maximum absolute atomic E-state index is 12.8. The number of ether oxygens (including phenoxy) is 3. The van der Waals surface area contributed by atoms with E-state index in [1.54, 1.807) is 45.0 Å². The highest BCUT2D eigenvalue weighted by atomic mass is 16.7. The van der Waals surface area contributed by atoms with Crippen LogP contribution in [0.4, 0.5) is 10.5 Å². The molecule has 3 amide bonds. The van der Waals surface area contributed by atoms with Crippen LogP contribution < -0.4 is 15.4 Å². The zero-order valence-corrected chi connectivity index (χ0v) is 26.6. The van der Waals surface area contributed by atoms with Crippen LogP contribution in [0.25, 0.3) is 0 Å². The molecule has 1 heterocycles. The summed E-state index contributed by atoms with van der Waals surface area (Å²) >= 11 is 0. The molecule has 3 rings (SSSR count). The van der Waals surface area contributed by atoms with E-state index >= 15 is 0 Å². The number of anilines is 1. The Morgan fingerprint density at radius 2 is 1.54 bits per heavy atom. The smallest absolute Gasteiger partial charge is 0.410 e. The fourth-order valence-electron chi connectivity index (χ4n) is 4.67. The molecule has 254 valence electrons. The molecule has 13 nitrogen and oxygen atoms in total. The molecule has 1 saturated heterocycles. The average molecular weight is 646 g/mol. The Labute approximate surface area is 269 Å². The van der Waals surface area contributed by atoms with E-state index in [9.17, 15) is 34.8 Å². The van der Waals surface area contributed by atoms with Gasteiger partial charge in [0.15, 0.2) is 0 Å². The van der Waals surface area contributed by atoms with E-state index in [0.717, 1.165) is 19.3 Å². The van der Waals surface area contributed by atoms with Gasteiger partial charge in [-0.05, 0) is 70.0 Å². The molecule has 0 saturated carbocycles. The van der Waals surface area contributed by atoms with Crippen LogP contribution in [-0.2, 0) is 14.3 Å². The van der Waals surface area contributed by atoms with E-state index in [4.69, 9.17) is 14.2 Å². The van der Waals surface area contributed by atoms with Crippen LogP contribution in [0.15, 0.2) is 54.6 Å². The highest BCUT2D eigenvalue weighted by Crippen LogP contribution is 2.25. The van der Waals surface area contributed by atoms with Crippen LogP contribution in [0.2, 0.25) is 0 Å². The first-order chi connectivity index (χ1) is 21.9. The Balaban J connectivity index is 1.43. The number of aliphatic hydroxyl groups excluding tert-OH is 4. The molecule has 13 heteroatoms. The second-order valence-electron chi connectivity index (χ2n) is 12.1. The van der Waals surface area contributed by atoms with Crippen LogP contribution >= 0.6 is 0 Å². The number of hydrogen-bond acceptors (Lipinski definition) is 10. The molecule has 2 aromatic carbocycles. The van der Waals surface area contributed by atoms with Gasteiger partial charge in [-0.15, -0.1) is 0 Å². The van der Waals surface area contributed by atoms with Gasteiger partial charge in [0.25, 0.3) is 5.91 Å². The normalized spacial score (nSPS) is 21.2. The summed E-state index contributed by atoms with van der Waals surface area (Å²) in [5.41, 5.74) is 0.403. The third-order valence-electron chi connectivity index (χ3n) is 7.18. The molecule has 1 fully saturated rings. The molecule has 46 heavy (non-hydrogen) atoms. The Morgan fingerprint density at radius 1 is 0.870 bits per heavy atom. The summed E-state index contributed by atoms with van der Waals surface area (Å²) in [6.45, 7) is 5.91. The van der Waals surface area contributed by atoms with Crippen LogP contribution in [0, 0.1) is 0 Å². The number of unbranched alkanes of at least 4 members (excludes halogenated alkanes) is 3. The third-order valence-corrected chi connectivity index (χ3v) is 7.18. The second-order valence-corrected chi connectivity index (χ2v) is 12.1. The quantitative estimate of drug-likeness (QED) is 0.157. The zero-order valence-electron chi connectivity index (χ0n) is 26.6. The number of nitrogens with zero attached hydrogens (tertiary/aromatic N) is 1. The Kier molecular flexibility index (Phi) is 14.2. The molecule has 0 spiro atoms. The first kappa shape index (κ1) is 36.7. The average Bonchev–Trinajstić information content (AvgIpc) is 3.02. The molecular formula is C33H47N3O10. The fraction of sp³-hybridized carbons (Fsp3) is 0.545. The lowest BCUT2D eigenvalue weighted by molar-refractivity contribution is -0.277. The van der Waals surface area contributed by atoms with Crippen molar-refractivity contribution in [2.24, 2.45) is 0 Å². The molecule has 0 unspecified atom stereocenters. The highest BCUT2D eigenvalue weighted by molar-refractivity contribution is 5.94. The summed E-state index contributed by atoms with van der Waals surface area (Å²) in [4.78, 5) is 39.3. The van der Waals surface area contributed by atoms with Gasteiger partial charge in [0.2, 0.25) is 12.2 Å². The molecule has 0 radical (unpaired) electrons. The number of carbonyl (C=O) groups is 3. The molecule has 6 N–H and O–H groups in total. The lowest BCUT2D eigenvalue weighted by Gasteiger charge is -2.39. The molecule has 0 bridgehead atoms. The molecular weight excluding hydrogens is 598 g/mol. The number of carbonyl (C=O) groups excluding carboxylic acids is 3. The summed E-state index contributed by atoms with van der Waals surface area (Å²) in [6.07, 6.45) is -4.25. The van der Waals surface area contributed by atoms with Crippen molar-refractivity contribution in [3.63, 3.8) is 0 Å². The summed E-state index contributed by atoms with van der Waals surface area (Å²) in [6, 6.07) is 15.2. The van der Waals surface area contributed by atoms with Gasteiger partial charge in [0.1, 0.15) is 35.8 Å². The highest BCUT2D eigenvalue weighted by Gasteiger charge is 2.44. The SMILES string of the molecule is CC(C)(C)OC(=O)N(CCCCCCNC(=O)c1ccccc1)CCC(=O)Nc1ccc(O[C@H]2O[C@H](CO)[C@H](O)[C@H](O)[C@H]2O)cc1. The van der Waals surface area contributed by atoms with Gasteiger partial charge in [-0.1, -0.05) is 31.0 Å². The summed E-state index contributed by atoms with van der Waals surface area (Å²) in [5.74, 6) is -0.158. The summed E-state index contributed by atoms with van der Waals surface area (Å²) in [7, 11) is 0. The largest absolute Gasteiger partial charge is 0.462 e. The lowest BCUT2D eigenvalue weighted by Crippen LogP contribution is -2.60. The van der Waals surface area contributed by atoms with Crippen molar-refractivity contribution < 1.29 is 49.0 Å². The van der Waals surface area contributed by atoms with Gasteiger partial charge in [0, 0.05) is 37.3 Å². The van der Waals surface area contributed by atoms with Gasteiger partial charge in [-0.3, -0.25) is 9.59 Å². The van der Waals surface area contributed by atoms with Gasteiger partial charge < -0.3 is 50.2 Å². The topological polar surface area (TPSA) is 187 Å². The minimum Gasteiger partial charge on any atom is -0.462 e. The van der Waals surface area contributed by atoms with E-state index in [1.165, 1.54) is 17.0 Å². The molecule has 1 aliphatic heterocycles. The Bertz CT molecular complexity index is 1240. The third kappa shape index (κ3) is 11.9. The monoisotopic (exact) mass is 645 g/mol. The van der Waals surface area contributed by atoms with E-state index in [0.29, 0.717) is 30.8 Å². The number of nitrogens with one attached hydrogen (secondary N) is 2. The molecule has 5 atom stereocenters. The van der Waals surface area contributed by atoms with Crippen molar-refractivity contribution in [3.8, 4) is 5.75 Å². The maximum atomic E-state index is 12.8. The molecule has 2 aromatic rings. The number of amides is 3. The number of hydrogen-bond donors (Lipinski definition) is 6. The van der Waals surface area contributed by atoms with E-state index in [2.05, 4.69) is 10.6 Å². The zero-order chi connectivity index (χ0) is 33.7. The van der Waals surface area contributed by atoms with E-state index in [1.807, 2.05) is 18.2 Å². The first-order valence-corrected chi connectivity index (χ1v) is 15.6. The van der Waals surface area contributed by atoms with Gasteiger partial charge in [-0.2, -0.15) is 0 Å². The van der Waals surface area contributed by atoms with Crippen molar-refractivity contribution in [3.05, 3.63) is 60.2 Å². The Morgan fingerprint density at radius 3 is 2.20 bits per heavy atom. The lowest BCUT2D eigenvalue weighted by atomic mass is 9.99. The van der Waals surface area contributed by atoms with Crippen molar-refractivity contribution in [1.82, 2.24) is 10.2 Å². The van der Waals surface area contributed by atoms with Crippen LogP contribution in [0.3, 0.4) is 0 Å². The number of benzene rings is 2. The molecule has 0 aliphatic carbocycles. The molecule has 0 aromatic heterocycles. The van der Waals surface area contributed by atoms with Gasteiger partial charge >= 0.3 is 6.09 Å². The van der Waals surface area contributed by atoms with E-state index in [-0.39, 0.29) is 30.5 Å². The summed E-state index contributed by atoms with van der Waals surface area (Å²) < 4.78 is 16.5. The second kappa shape index (κ2) is 17.8. The minimum atomic E-state index is -1.56. The van der Waals surface area contributed by atoms with Crippen LogP contribution in [0.1, 0.15) is 63.2 Å². The van der Waals surface area contributed by atoms with Crippen molar-refractivity contribution in [1.29, 1.82) is 0 Å². The predicted molar refractivity (Wildman–Crippen MR) is 169 cm³/mol. The van der Waals surface area contributed by atoms with Crippen molar-refractivity contribution in [2.75, 3.05) is 31.6 Å². The molecule has 1 aliphatic rings. The first-order valence-electron chi connectivity index (χ1n) is 15.6. The van der Waals surface area contributed by atoms with Crippen molar-refractivity contribution >= 4 is 23.6 Å². The predicted octanol–water partition coefficient (Wildman–Crippen LogP) is 2.42.